The average Bonchev–Trinajstić information content (AvgIpc) is 3.12. The molecule has 2 aromatic rings. The Kier molecular flexibility index (Phi) is 7.77. The molecule has 1 aliphatic rings. The minimum Gasteiger partial charge on any atom is -0.492 e. The molecular formula is C19H26N4O2S2. The molecule has 2 N–H and O–H groups in total. The minimum atomic E-state index is -0.0233. The molecule has 8 heteroatoms. The fourth-order valence-corrected chi connectivity index (χ4v) is 4.65. The monoisotopic (exact) mass is 406 g/mol. The van der Waals surface area contributed by atoms with Crippen LogP contribution in [0.3, 0.4) is 0 Å². The number of ether oxygens (including phenoxy) is 1. The Morgan fingerprint density at radius 3 is 2.96 bits per heavy atom. The lowest BCUT2D eigenvalue weighted by atomic mass is 9.96. The van der Waals surface area contributed by atoms with Gasteiger partial charge in [0.05, 0.1) is 12.3 Å². The number of benzene rings is 1. The molecule has 1 saturated carbocycles. The van der Waals surface area contributed by atoms with Crippen molar-refractivity contribution in [3.05, 3.63) is 29.8 Å². The van der Waals surface area contributed by atoms with Crippen LogP contribution in [0.15, 0.2) is 28.6 Å². The van der Waals surface area contributed by atoms with Crippen LogP contribution in [0.5, 0.6) is 5.75 Å². The predicted molar refractivity (Wildman–Crippen MR) is 111 cm³/mol. The maximum Gasteiger partial charge on any atom is 0.230 e. The molecule has 3 rings (SSSR count). The highest BCUT2D eigenvalue weighted by Gasteiger charge is 2.15. The van der Waals surface area contributed by atoms with Gasteiger partial charge in [0, 0.05) is 6.04 Å². The van der Waals surface area contributed by atoms with Gasteiger partial charge < -0.3 is 15.4 Å². The van der Waals surface area contributed by atoms with E-state index < -0.39 is 0 Å². The first-order valence-electron chi connectivity index (χ1n) is 9.38. The lowest BCUT2D eigenvalue weighted by Gasteiger charge is -2.21. The van der Waals surface area contributed by atoms with Crippen molar-refractivity contribution < 1.29 is 9.53 Å². The van der Waals surface area contributed by atoms with E-state index in [2.05, 4.69) is 20.8 Å². The second kappa shape index (κ2) is 10.5. The van der Waals surface area contributed by atoms with Gasteiger partial charge in [-0.3, -0.25) is 4.79 Å². The Balaban J connectivity index is 1.31. The van der Waals surface area contributed by atoms with Gasteiger partial charge in [-0.05, 0) is 37.5 Å². The zero-order valence-corrected chi connectivity index (χ0v) is 17.2. The Hall–Kier alpha value is -1.80. The lowest BCUT2D eigenvalue weighted by Crippen LogP contribution is -2.29. The van der Waals surface area contributed by atoms with Gasteiger partial charge in [-0.2, -0.15) is 0 Å². The molecule has 1 aromatic carbocycles. The maximum atomic E-state index is 12.0. The van der Waals surface area contributed by atoms with E-state index >= 15 is 0 Å². The van der Waals surface area contributed by atoms with Gasteiger partial charge in [-0.1, -0.05) is 54.5 Å². The molecule has 1 fully saturated rings. The number of hydrogen-bond acceptors (Lipinski definition) is 7. The van der Waals surface area contributed by atoms with Crippen LogP contribution in [0.1, 0.15) is 37.7 Å². The van der Waals surface area contributed by atoms with Crippen LogP contribution in [0.2, 0.25) is 0 Å². The highest BCUT2D eigenvalue weighted by atomic mass is 32.2. The predicted octanol–water partition coefficient (Wildman–Crippen LogP) is 3.88. The number of nitrogens with zero attached hydrogens (tertiary/aromatic N) is 2. The van der Waals surface area contributed by atoms with Gasteiger partial charge in [0.25, 0.3) is 0 Å². The number of aryl methyl sites for hydroxylation is 1. The van der Waals surface area contributed by atoms with Crippen LogP contribution >= 0.6 is 23.1 Å². The number of nitrogens with one attached hydrogen (secondary N) is 2. The summed E-state index contributed by atoms with van der Waals surface area (Å²) in [5, 5.41) is 15.5. The number of rotatable bonds is 9. The van der Waals surface area contributed by atoms with E-state index in [9.17, 15) is 4.79 Å². The quantitative estimate of drug-likeness (QED) is 0.486. The average molecular weight is 407 g/mol. The van der Waals surface area contributed by atoms with Gasteiger partial charge in [0.1, 0.15) is 12.4 Å². The van der Waals surface area contributed by atoms with E-state index in [0.29, 0.717) is 24.9 Å². The van der Waals surface area contributed by atoms with Crippen molar-refractivity contribution in [2.24, 2.45) is 0 Å². The van der Waals surface area contributed by atoms with Gasteiger partial charge in [-0.15, -0.1) is 10.2 Å². The van der Waals surface area contributed by atoms with Crippen molar-refractivity contribution in [3.8, 4) is 5.75 Å². The third kappa shape index (κ3) is 7.03. The van der Waals surface area contributed by atoms with Gasteiger partial charge in [-0.25, -0.2) is 0 Å². The zero-order chi connectivity index (χ0) is 18.9. The van der Waals surface area contributed by atoms with Crippen LogP contribution in [0.4, 0.5) is 5.13 Å². The summed E-state index contributed by atoms with van der Waals surface area (Å²) in [6.07, 6.45) is 6.31. The highest BCUT2D eigenvalue weighted by Crippen LogP contribution is 2.28. The molecule has 0 spiro atoms. The number of thioether (sulfide) groups is 1. The second-order valence-electron chi connectivity index (χ2n) is 6.66. The number of carbonyl (C=O) groups excluding carboxylic acids is 1. The van der Waals surface area contributed by atoms with Gasteiger partial charge in [0.2, 0.25) is 11.0 Å². The van der Waals surface area contributed by atoms with E-state index in [0.717, 1.165) is 20.8 Å². The van der Waals surface area contributed by atoms with Crippen LogP contribution in [-0.2, 0) is 4.79 Å². The molecule has 1 heterocycles. The summed E-state index contributed by atoms with van der Waals surface area (Å²) in [7, 11) is 0. The lowest BCUT2D eigenvalue weighted by molar-refractivity contribution is -0.118. The van der Waals surface area contributed by atoms with E-state index in [1.807, 2.05) is 31.2 Å². The highest BCUT2D eigenvalue weighted by molar-refractivity contribution is 8.01. The maximum absolute atomic E-state index is 12.0. The van der Waals surface area contributed by atoms with Crippen LogP contribution in [0.25, 0.3) is 0 Å². The molecule has 0 atom stereocenters. The Labute approximate surface area is 168 Å². The number of anilines is 1. The van der Waals surface area contributed by atoms with E-state index in [1.54, 1.807) is 0 Å². The summed E-state index contributed by atoms with van der Waals surface area (Å²) in [4.78, 5) is 12.0. The molecule has 0 unspecified atom stereocenters. The molecule has 0 saturated heterocycles. The standard InChI is InChI=1S/C19H26N4O2S2/c1-14-6-5-9-16(12-14)25-11-10-20-17(24)13-26-19-23-22-18(27-19)21-15-7-3-2-4-8-15/h5-6,9,12,15H,2-4,7-8,10-11,13H2,1H3,(H,20,24)(H,21,22). The van der Waals surface area contributed by atoms with Crippen LogP contribution in [0, 0.1) is 6.92 Å². The fraction of sp³-hybridized carbons (Fsp3) is 0.526. The first-order chi connectivity index (χ1) is 13.2. The number of carbonyl (C=O) groups is 1. The number of hydrogen-bond donors (Lipinski definition) is 2. The Bertz CT molecular complexity index is 732. The molecule has 1 aliphatic carbocycles. The molecule has 6 nitrogen and oxygen atoms in total. The van der Waals surface area contributed by atoms with Crippen molar-refractivity contribution in [2.45, 2.75) is 49.4 Å². The summed E-state index contributed by atoms with van der Waals surface area (Å²) in [5.41, 5.74) is 1.15. The zero-order valence-electron chi connectivity index (χ0n) is 15.6. The summed E-state index contributed by atoms with van der Waals surface area (Å²) in [6, 6.07) is 8.39. The van der Waals surface area contributed by atoms with Crippen molar-refractivity contribution in [1.29, 1.82) is 0 Å². The smallest absolute Gasteiger partial charge is 0.230 e. The van der Waals surface area contributed by atoms with Crippen molar-refractivity contribution in [3.63, 3.8) is 0 Å². The third-order valence-corrected chi connectivity index (χ3v) is 6.34. The van der Waals surface area contributed by atoms with E-state index in [4.69, 9.17) is 4.74 Å². The summed E-state index contributed by atoms with van der Waals surface area (Å²) in [6.45, 7) is 2.96. The first kappa shape index (κ1) is 19.9. The third-order valence-electron chi connectivity index (χ3n) is 4.35. The molecule has 27 heavy (non-hydrogen) atoms. The molecule has 1 amide bonds. The molecule has 0 bridgehead atoms. The van der Waals surface area contributed by atoms with Crippen LogP contribution < -0.4 is 15.4 Å². The van der Waals surface area contributed by atoms with Crippen molar-refractivity contribution >= 4 is 34.1 Å². The number of aromatic nitrogens is 2. The topological polar surface area (TPSA) is 76.1 Å². The van der Waals surface area contributed by atoms with Crippen molar-refractivity contribution in [2.75, 3.05) is 24.2 Å². The van der Waals surface area contributed by atoms with E-state index in [1.165, 1.54) is 55.2 Å². The Morgan fingerprint density at radius 2 is 2.15 bits per heavy atom. The summed E-state index contributed by atoms with van der Waals surface area (Å²) >= 11 is 2.94. The minimum absolute atomic E-state index is 0.0233. The fourth-order valence-electron chi connectivity index (χ4n) is 2.99. The normalized spacial score (nSPS) is 14.7. The molecular weight excluding hydrogens is 380 g/mol. The first-order valence-corrected chi connectivity index (χ1v) is 11.2. The Morgan fingerprint density at radius 1 is 1.30 bits per heavy atom. The molecule has 146 valence electrons. The van der Waals surface area contributed by atoms with Crippen molar-refractivity contribution in [1.82, 2.24) is 15.5 Å². The van der Waals surface area contributed by atoms with Gasteiger partial charge >= 0.3 is 0 Å². The summed E-state index contributed by atoms with van der Waals surface area (Å²) in [5.74, 6) is 1.14. The molecule has 0 radical (unpaired) electrons. The second-order valence-corrected chi connectivity index (χ2v) is 8.86. The molecule has 0 aliphatic heterocycles. The molecule has 1 aromatic heterocycles. The van der Waals surface area contributed by atoms with Gasteiger partial charge in [0.15, 0.2) is 4.34 Å². The summed E-state index contributed by atoms with van der Waals surface area (Å²) < 4.78 is 6.44. The number of amides is 1. The largest absolute Gasteiger partial charge is 0.492 e. The van der Waals surface area contributed by atoms with Crippen LogP contribution in [-0.4, -0.2) is 41.1 Å². The van der Waals surface area contributed by atoms with E-state index in [-0.39, 0.29) is 5.91 Å². The SMILES string of the molecule is Cc1cccc(OCCNC(=O)CSc2nnc(NC3CCCCC3)s2)c1.